The average Bonchev–Trinajstić information content (AvgIpc) is 2.48. The minimum atomic E-state index is 0.653. The molecule has 0 atom stereocenters. The van der Waals surface area contributed by atoms with E-state index in [1.807, 2.05) is 18.2 Å². The van der Waals surface area contributed by atoms with Gasteiger partial charge in [-0.3, -0.25) is 0 Å². The Morgan fingerprint density at radius 1 is 0.700 bits per heavy atom. The van der Waals surface area contributed by atoms with Crippen molar-refractivity contribution in [3.63, 3.8) is 0 Å². The molecule has 3 heteroatoms. The van der Waals surface area contributed by atoms with Crippen LogP contribution in [-0.2, 0) is 0 Å². The SMILES string of the molecule is Cc1cccc(C)c1-c1cccc(-c2ncccn2)n1. The molecule has 3 aromatic rings. The Morgan fingerprint density at radius 2 is 1.30 bits per heavy atom. The summed E-state index contributed by atoms with van der Waals surface area (Å²) in [4.78, 5) is 13.2. The highest BCUT2D eigenvalue weighted by Gasteiger charge is 2.09. The van der Waals surface area contributed by atoms with Crippen LogP contribution in [0.3, 0.4) is 0 Å². The van der Waals surface area contributed by atoms with Crippen molar-refractivity contribution in [3.05, 3.63) is 66.0 Å². The summed E-state index contributed by atoms with van der Waals surface area (Å²) in [5.74, 6) is 0.653. The van der Waals surface area contributed by atoms with Gasteiger partial charge in [0.1, 0.15) is 5.69 Å². The third kappa shape index (κ3) is 2.30. The van der Waals surface area contributed by atoms with Gasteiger partial charge in [-0.25, -0.2) is 15.0 Å². The summed E-state index contributed by atoms with van der Waals surface area (Å²) in [5, 5.41) is 0. The third-order valence-electron chi connectivity index (χ3n) is 3.28. The van der Waals surface area contributed by atoms with E-state index in [1.54, 1.807) is 18.5 Å². The molecule has 0 saturated heterocycles. The van der Waals surface area contributed by atoms with Crippen molar-refractivity contribution >= 4 is 0 Å². The molecule has 0 amide bonds. The lowest BCUT2D eigenvalue weighted by Crippen LogP contribution is -1.95. The van der Waals surface area contributed by atoms with Crippen LogP contribution in [0.4, 0.5) is 0 Å². The highest BCUT2D eigenvalue weighted by atomic mass is 14.9. The van der Waals surface area contributed by atoms with Crippen LogP contribution in [-0.4, -0.2) is 15.0 Å². The van der Waals surface area contributed by atoms with Crippen LogP contribution in [0.1, 0.15) is 11.1 Å². The number of hydrogen-bond donors (Lipinski definition) is 0. The first kappa shape index (κ1) is 12.5. The Morgan fingerprint density at radius 3 is 2.00 bits per heavy atom. The molecule has 0 aliphatic carbocycles. The summed E-state index contributed by atoms with van der Waals surface area (Å²) in [6.07, 6.45) is 3.46. The fourth-order valence-electron chi connectivity index (χ4n) is 2.35. The number of rotatable bonds is 2. The standard InChI is InChI=1S/C17H15N3/c1-12-6-3-7-13(2)16(12)14-8-4-9-15(20-14)17-18-10-5-11-19-17/h3-11H,1-2H3. The Kier molecular flexibility index (Phi) is 3.25. The first-order valence-corrected chi connectivity index (χ1v) is 6.57. The Labute approximate surface area is 118 Å². The zero-order chi connectivity index (χ0) is 13.9. The minimum absolute atomic E-state index is 0.653. The molecule has 3 rings (SSSR count). The molecule has 2 aromatic heterocycles. The number of aryl methyl sites for hydroxylation is 2. The van der Waals surface area contributed by atoms with Crippen LogP contribution in [0.5, 0.6) is 0 Å². The number of nitrogens with zero attached hydrogens (tertiary/aromatic N) is 3. The second kappa shape index (κ2) is 5.21. The lowest BCUT2D eigenvalue weighted by Gasteiger charge is -2.10. The van der Waals surface area contributed by atoms with Crippen LogP contribution < -0.4 is 0 Å². The predicted octanol–water partition coefficient (Wildman–Crippen LogP) is 3.82. The maximum atomic E-state index is 4.71. The molecule has 0 bridgehead atoms. The van der Waals surface area contributed by atoms with E-state index in [0.29, 0.717) is 5.82 Å². The monoisotopic (exact) mass is 261 g/mol. The van der Waals surface area contributed by atoms with E-state index in [9.17, 15) is 0 Å². The first-order valence-electron chi connectivity index (χ1n) is 6.57. The molecule has 0 aliphatic rings. The summed E-state index contributed by atoms with van der Waals surface area (Å²) in [5.41, 5.74) is 5.40. The van der Waals surface area contributed by atoms with E-state index in [2.05, 4.69) is 42.0 Å². The number of aromatic nitrogens is 3. The molecular formula is C17H15N3. The molecule has 0 fully saturated rings. The summed E-state index contributed by atoms with van der Waals surface area (Å²) in [6.45, 7) is 4.21. The van der Waals surface area contributed by atoms with Gasteiger partial charge in [-0.15, -0.1) is 0 Å². The average molecular weight is 261 g/mol. The lowest BCUT2D eigenvalue weighted by atomic mass is 9.99. The predicted molar refractivity (Wildman–Crippen MR) is 80.2 cm³/mol. The Bertz CT molecular complexity index is 716. The topological polar surface area (TPSA) is 38.7 Å². The van der Waals surface area contributed by atoms with Gasteiger partial charge in [-0.2, -0.15) is 0 Å². The highest BCUT2D eigenvalue weighted by Crippen LogP contribution is 2.26. The van der Waals surface area contributed by atoms with Gasteiger partial charge in [0.2, 0.25) is 0 Å². The van der Waals surface area contributed by atoms with E-state index in [4.69, 9.17) is 4.98 Å². The van der Waals surface area contributed by atoms with Gasteiger partial charge in [0.05, 0.1) is 5.69 Å². The van der Waals surface area contributed by atoms with E-state index in [-0.39, 0.29) is 0 Å². The van der Waals surface area contributed by atoms with E-state index in [1.165, 1.54) is 16.7 Å². The van der Waals surface area contributed by atoms with Crippen molar-refractivity contribution in [2.45, 2.75) is 13.8 Å². The summed E-state index contributed by atoms with van der Waals surface area (Å²) < 4.78 is 0. The van der Waals surface area contributed by atoms with Crippen LogP contribution in [0.2, 0.25) is 0 Å². The van der Waals surface area contributed by atoms with Gasteiger partial charge in [-0.1, -0.05) is 24.3 Å². The normalized spacial score (nSPS) is 10.5. The fraction of sp³-hybridized carbons (Fsp3) is 0.118. The molecule has 3 nitrogen and oxygen atoms in total. The molecule has 1 aromatic carbocycles. The highest BCUT2D eigenvalue weighted by molar-refractivity contribution is 5.69. The summed E-state index contributed by atoms with van der Waals surface area (Å²) in [7, 11) is 0. The maximum Gasteiger partial charge on any atom is 0.178 e. The summed E-state index contributed by atoms with van der Waals surface area (Å²) >= 11 is 0. The molecule has 0 saturated carbocycles. The zero-order valence-corrected chi connectivity index (χ0v) is 11.5. The first-order chi connectivity index (χ1) is 9.75. The second-order valence-corrected chi connectivity index (χ2v) is 4.75. The second-order valence-electron chi connectivity index (χ2n) is 4.75. The molecule has 0 radical (unpaired) electrons. The molecule has 0 aliphatic heterocycles. The van der Waals surface area contributed by atoms with Gasteiger partial charge >= 0.3 is 0 Å². The largest absolute Gasteiger partial charge is 0.244 e. The van der Waals surface area contributed by atoms with Crippen molar-refractivity contribution in [2.75, 3.05) is 0 Å². The minimum Gasteiger partial charge on any atom is -0.244 e. The lowest BCUT2D eigenvalue weighted by molar-refractivity contribution is 1.14. The van der Waals surface area contributed by atoms with Crippen LogP contribution in [0.25, 0.3) is 22.8 Å². The molecule has 0 unspecified atom stereocenters. The van der Waals surface area contributed by atoms with Crippen molar-refractivity contribution in [1.82, 2.24) is 15.0 Å². The molecule has 0 spiro atoms. The molecule has 0 N–H and O–H groups in total. The van der Waals surface area contributed by atoms with Gasteiger partial charge < -0.3 is 0 Å². The zero-order valence-electron chi connectivity index (χ0n) is 11.5. The van der Waals surface area contributed by atoms with Gasteiger partial charge in [0.15, 0.2) is 5.82 Å². The van der Waals surface area contributed by atoms with Crippen LogP contribution in [0.15, 0.2) is 54.9 Å². The van der Waals surface area contributed by atoms with Crippen molar-refractivity contribution in [3.8, 4) is 22.8 Å². The van der Waals surface area contributed by atoms with Gasteiger partial charge in [0, 0.05) is 18.0 Å². The van der Waals surface area contributed by atoms with Crippen LogP contribution >= 0.6 is 0 Å². The molecule has 20 heavy (non-hydrogen) atoms. The quantitative estimate of drug-likeness (QED) is 0.704. The Balaban J connectivity index is 2.13. The molecule has 2 heterocycles. The molecular weight excluding hydrogens is 246 g/mol. The molecule has 98 valence electrons. The number of hydrogen-bond acceptors (Lipinski definition) is 3. The van der Waals surface area contributed by atoms with Crippen molar-refractivity contribution in [1.29, 1.82) is 0 Å². The van der Waals surface area contributed by atoms with E-state index in [0.717, 1.165) is 11.4 Å². The third-order valence-corrected chi connectivity index (χ3v) is 3.28. The summed E-state index contributed by atoms with van der Waals surface area (Å²) in [6, 6.07) is 14.1. The van der Waals surface area contributed by atoms with Gasteiger partial charge in [-0.05, 0) is 43.2 Å². The van der Waals surface area contributed by atoms with Crippen LogP contribution in [0, 0.1) is 13.8 Å². The number of benzene rings is 1. The Hall–Kier alpha value is -2.55. The van der Waals surface area contributed by atoms with E-state index < -0.39 is 0 Å². The maximum absolute atomic E-state index is 4.71. The van der Waals surface area contributed by atoms with E-state index >= 15 is 0 Å². The van der Waals surface area contributed by atoms with Crippen molar-refractivity contribution < 1.29 is 0 Å². The smallest absolute Gasteiger partial charge is 0.178 e. The van der Waals surface area contributed by atoms with Crippen molar-refractivity contribution in [2.24, 2.45) is 0 Å². The number of pyridine rings is 1. The fourth-order valence-corrected chi connectivity index (χ4v) is 2.35. The van der Waals surface area contributed by atoms with Gasteiger partial charge in [0.25, 0.3) is 0 Å².